The van der Waals surface area contributed by atoms with Crippen LogP contribution in [0.4, 0.5) is 0 Å². The Morgan fingerprint density at radius 1 is 0.895 bits per heavy atom. The third-order valence-electron chi connectivity index (χ3n) is 3.89. The average Bonchev–Trinajstić information content (AvgIpc) is 2.74. The van der Waals surface area contributed by atoms with Crippen molar-refractivity contribution in [1.82, 2.24) is 4.33 Å². The van der Waals surface area contributed by atoms with Gasteiger partial charge >= 0.3 is 0 Å². The molecule has 0 unspecified atom stereocenters. The van der Waals surface area contributed by atoms with Crippen LogP contribution in [0.1, 0.15) is 90.1 Å². The van der Waals surface area contributed by atoms with Gasteiger partial charge in [0.1, 0.15) is 0 Å². The lowest BCUT2D eigenvalue weighted by Crippen LogP contribution is -2.19. The number of aromatic nitrogens is 1. The summed E-state index contributed by atoms with van der Waals surface area (Å²) < 4.78 is 2.75. The normalized spacial score (nSPS) is 19.7. The molecule has 0 N–H and O–H groups in total. The Morgan fingerprint density at radius 3 is 1.95 bits per heavy atom. The van der Waals surface area contributed by atoms with Crippen molar-refractivity contribution < 1.29 is 0 Å². The van der Waals surface area contributed by atoms with Crippen molar-refractivity contribution in [1.29, 1.82) is 0 Å². The molecule has 0 aromatic carbocycles. The Kier molecular flexibility index (Phi) is 4.49. The molecule has 0 aliphatic heterocycles. The fourth-order valence-electron chi connectivity index (χ4n) is 2.73. The second kappa shape index (κ2) is 5.50. The van der Waals surface area contributed by atoms with Crippen LogP contribution < -0.4 is 0 Å². The van der Waals surface area contributed by atoms with E-state index in [9.17, 15) is 0 Å². The summed E-state index contributed by atoms with van der Waals surface area (Å²) in [5, 5.41) is 1.68. The van der Waals surface area contributed by atoms with Crippen LogP contribution in [0.25, 0.3) is 0 Å². The summed E-state index contributed by atoms with van der Waals surface area (Å²) in [4.78, 5) is 0. The first-order valence-corrected chi connectivity index (χ1v) is 9.41. The molecule has 1 fully saturated rings. The predicted octanol–water partition coefficient (Wildman–Crippen LogP) is 6.75. The van der Waals surface area contributed by atoms with Crippen LogP contribution in [-0.4, -0.2) is 4.33 Å². The van der Waals surface area contributed by atoms with E-state index in [1.165, 1.54) is 48.6 Å². The lowest BCUT2D eigenvalue weighted by atomic mass is 9.93. The van der Waals surface area contributed by atoms with E-state index in [0.29, 0.717) is 10.8 Å². The molecule has 0 bridgehead atoms. The van der Waals surface area contributed by atoms with Gasteiger partial charge in [-0.3, -0.25) is 0 Å². The van der Waals surface area contributed by atoms with Crippen molar-refractivity contribution in [3.8, 4) is 0 Å². The quantitative estimate of drug-likeness (QED) is 0.540. The lowest BCUT2D eigenvalue weighted by molar-refractivity contribution is 0.355. The van der Waals surface area contributed by atoms with Crippen molar-refractivity contribution in [3.63, 3.8) is 0 Å². The van der Waals surface area contributed by atoms with Gasteiger partial charge in [0.2, 0.25) is 0 Å². The number of rotatable bonds is 1. The third-order valence-corrected chi connectivity index (χ3v) is 8.20. The van der Waals surface area contributed by atoms with Gasteiger partial charge in [-0.1, -0.05) is 60.8 Å². The van der Waals surface area contributed by atoms with E-state index < -0.39 is 0 Å². The van der Waals surface area contributed by atoms with Gasteiger partial charge in [-0.05, 0) is 26.4 Å². The monoisotopic (exact) mass is 297 g/mol. The van der Waals surface area contributed by atoms with E-state index >= 15 is 0 Å². The Hall–Kier alpha value is 0.140. The van der Waals surface area contributed by atoms with Gasteiger partial charge in [-0.15, -0.1) is 0 Å². The molecular formula is C16H29NP2. The molecule has 0 atom stereocenters. The third kappa shape index (κ3) is 3.62. The number of nitrogens with zero attached hydrogens (tertiary/aromatic N) is 1. The number of hydrogen-bond acceptors (Lipinski definition) is 0. The first-order chi connectivity index (χ1) is 8.69. The van der Waals surface area contributed by atoms with E-state index in [1.807, 2.05) is 0 Å². The Morgan fingerprint density at radius 2 is 1.47 bits per heavy atom. The van der Waals surface area contributed by atoms with Crippen molar-refractivity contribution in [2.75, 3.05) is 0 Å². The molecular weight excluding hydrogens is 268 g/mol. The summed E-state index contributed by atoms with van der Waals surface area (Å²) >= 11 is 0. The Labute approximate surface area is 122 Å². The van der Waals surface area contributed by atoms with Gasteiger partial charge in [-0.25, -0.2) is 0 Å². The fraction of sp³-hybridized carbons (Fsp3) is 0.875. The molecule has 1 nitrogen and oxygen atoms in total. The van der Waals surface area contributed by atoms with Crippen LogP contribution in [0, 0.1) is 0 Å². The van der Waals surface area contributed by atoms with Crippen molar-refractivity contribution >= 4 is 16.5 Å². The Balaban J connectivity index is 2.42. The minimum Gasteiger partial charge on any atom is -0.320 e. The van der Waals surface area contributed by atoms with Crippen LogP contribution in [-0.2, 0) is 10.8 Å². The van der Waals surface area contributed by atoms with Crippen molar-refractivity contribution in [2.45, 2.75) is 90.5 Å². The second-order valence-corrected chi connectivity index (χ2v) is 10.5. The highest BCUT2D eigenvalue weighted by atomic mass is 31.1. The molecule has 1 saturated carbocycles. The highest BCUT2D eigenvalue weighted by Gasteiger charge is 2.29. The van der Waals surface area contributed by atoms with Gasteiger partial charge < -0.3 is 4.33 Å². The molecule has 0 radical (unpaired) electrons. The van der Waals surface area contributed by atoms with Crippen molar-refractivity contribution in [3.05, 3.63) is 10.5 Å². The lowest BCUT2D eigenvalue weighted by Gasteiger charge is -2.29. The SMILES string of the molecule is CC(C)(C)c1pc(C(C)(C)C)n(C2CCCCC2)p1. The second-order valence-electron chi connectivity index (χ2n) is 8.00. The Bertz CT molecular complexity index is 429. The molecule has 1 aromatic heterocycles. The molecule has 1 aliphatic rings. The topological polar surface area (TPSA) is 4.93 Å². The summed E-state index contributed by atoms with van der Waals surface area (Å²) in [5.74, 6) is 0. The van der Waals surface area contributed by atoms with E-state index in [2.05, 4.69) is 45.9 Å². The van der Waals surface area contributed by atoms with Crippen LogP contribution >= 0.6 is 16.5 Å². The maximum absolute atomic E-state index is 2.75. The molecule has 19 heavy (non-hydrogen) atoms. The minimum atomic E-state index is 0.305. The summed E-state index contributed by atoms with van der Waals surface area (Å²) in [6.07, 6.45) is 7.10. The van der Waals surface area contributed by atoms with Gasteiger partial charge in [-0.2, -0.15) is 0 Å². The molecule has 0 amide bonds. The van der Waals surface area contributed by atoms with Crippen molar-refractivity contribution in [2.24, 2.45) is 0 Å². The molecule has 0 spiro atoms. The van der Waals surface area contributed by atoms with Crippen LogP contribution in [0.3, 0.4) is 0 Å². The average molecular weight is 297 g/mol. The largest absolute Gasteiger partial charge is 0.320 e. The van der Waals surface area contributed by atoms with Gasteiger partial charge in [0, 0.05) is 24.8 Å². The van der Waals surface area contributed by atoms with E-state index in [4.69, 9.17) is 0 Å². The standard InChI is InChI=1S/C16H29NP2/c1-15(2,3)13-17(12-10-8-7-9-11-12)19-14(18-13)16(4,5)6/h12H,7-11H2,1-6H3. The summed E-state index contributed by atoms with van der Waals surface area (Å²) in [5.41, 5.74) is 2.30. The zero-order valence-corrected chi connectivity index (χ0v) is 15.2. The summed E-state index contributed by atoms with van der Waals surface area (Å²) in [6.45, 7) is 14.2. The minimum absolute atomic E-state index is 0.305. The van der Waals surface area contributed by atoms with Crippen LogP contribution in [0.5, 0.6) is 0 Å². The van der Waals surface area contributed by atoms with Gasteiger partial charge in [0.15, 0.2) is 0 Å². The highest BCUT2D eigenvalue weighted by molar-refractivity contribution is 7.47. The first kappa shape index (κ1) is 15.5. The highest BCUT2D eigenvalue weighted by Crippen LogP contribution is 2.48. The molecule has 108 valence electrons. The van der Waals surface area contributed by atoms with Gasteiger partial charge in [0.05, 0.1) is 5.43 Å². The predicted molar refractivity (Wildman–Crippen MR) is 89.0 cm³/mol. The van der Waals surface area contributed by atoms with Crippen LogP contribution in [0.15, 0.2) is 0 Å². The summed E-state index contributed by atoms with van der Waals surface area (Å²) in [6, 6.07) is 0.803. The molecule has 0 saturated heterocycles. The zero-order valence-electron chi connectivity index (χ0n) is 13.5. The molecule has 2 rings (SSSR count). The van der Waals surface area contributed by atoms with E-state index in [0.717, 1.165) is 6.04 Å². The maximum Gasteiger partial charge on any atom is 0.0549 e. The first-order valence-electron chi connectivity index (χ1n) is 7.67. The van der Waals surface area contributed by atoms with E-state index in [1.54, 1.807) is 10.5 Å². The zero-order chi connectivity index (χ0) is 14.3. The fourth-order valence-corrected chi connectivity index (χ4v) is 6.18. The molecule has 3 heteroatoms. The number of hydrogen-bond donors (Lipinski definition) is 0. The smallest absolute Gasteiger partial charge is 0.0549 e. The molecule has 1 heterocycles. The maximum atomic E-state index is 2.75. The van der Waals surface area contributed by atoms with Crippen LogP contribution in [0.2, 0.25) is 0 Å². The van der Waals surface area contributed by atoms with E-state index in [-0.39, 0.29) is 0 Å². The molecule has 1 aromatic rings. The molecule has 1 aliphatic carbocycles. The van der Waals surface area contributed by atoms with Gasteiger partial charge in [0.25, 0.3) is 0 Å². The summed E-state index contributed by atoms with van der Waals surface area (Å²) in [7, 11) is 3.00.